The van der Waals surface area contributed by atoms with Gasteiger partial charge in [-0.05, 0) is 24.0 Å². The number of hydrogen-bond donors (Lipinski definition) is 1. The molecule has 0 radical (unpaired) electrons. The third-order valence-corrected chi connectivity index (χ3v) is 5.19. The average Bonchev–Trinajstić information content (AvgIpc) is 2.61. The van der Waals surface area contributed by atoms with Crippen LogP contribution in [0.2, 0.25) is 0 Å². The molecule has 0 amide bonds. The quantitative estimate of drug-likeness (QED) is 0.339. The summed E-state index contributed by atoms with van der Waals surface area (Å²) in [5.41, 5.74) is 1.51. The Morgan fingerprint density at radius 3 is 1.96 bits per heavy atom. The minimum Gasteiger partial charge on any atom is -0.478 e. The summed E-state index contributed by atoms with van der Waals surface area (Å²) in [5, 5.41) is 9.42. The molecule has 0 saturated carbocycles. The lowest BCUT2D eigenvalue weighted by Crippen LogP contribution is -2.10. The molecule has 1 N–H and O–H groups in total. The molecule has 0 heterocycles. The van der Waals surface area contributed by atoms with Gasteiger partial charge in [-0.15, -0.1) is 0 Å². The maximum absolute atomic E-state index is 11.5. The zero-order valence-corrected chi connectivity index (χ0v) is 16.4. The van der Waals surface area contributed by atoms with Crippen LogP contribution in [-0.2, 0) is 6.42 Å². The van der Waals surface area contributed by atoms with Crippen LogP contribution in [0.3, 0.4) is 0 Å². The summed E-state index contributed by atoms with van der Waals surface area (Å²) < 4.78 is 0. The molecule has 0 aliphatic rings. The van der Waals surface area contributed by atoms with Crippen LogP contribution < -0.4 is 0 Å². The maximum atomic E-state index is 11.5. The van der Waals surface area contributed by atoms with Crippen LogP contribution in [0.25, 0.3) is 0 Å². The monoisotopic (exact) mass is 346 g/mol. The zero-order chi connectivity index (χ0) is 18.3. The van der Waals surface area contributed by atoms with Gasteiger partial charge in [-0.2, -0.15) is 0 Å². The van der Waals surface area contributed by atoms with Crippen molar-refractivity contribution in [2.75, 3.05) is 0 Å². The second-order valence-electron chi connectivity index (χ2n) is 7.44. The first-order valence-electron chi connectivity index (χ1n) is 10.5. The van der Waals surface area contributed by atoms with E-state index >= 15 is 0 Å². The molecule has 1 unspecified atom stereocenters. The van der Waals surface area contributed by atoms with E-state index in [2.05, 4.69) is 13.8 Å². The Bertz CT molecular complexity index is 467. The Morgan fingerprint density at radius 2 is 1.36 bits per heavy atom. The van der Waals surface area contributed by atoms with E-state index in [0.717, 1.165) is 12.0 Å². The Balaban J connectivity index is 2.53. The molecular weight excluding hydrogens is 308 g/mol. The van der Waals surface area contributed by atoms with Crippen LogP contribution in [0.15, 0.2) is 24.3 Å². The van der Waals surface area contributed by atoms with Crippen molar-refractivity contribution in [1.29, 1.82) is 0 Å². The van der Waals surface area contributed by atoms with E-state index in [0.29, 0.717) is 11.5 Å². The Kier molecular flexibility index (Phi) is 12.1. The van der Waals surface area contributed by atoms with Gasteiger partial charge < -0.3 is 5.11 Å². The zero-order valence-electron chi connectivity index (χ0n) is 16.4. The number of carboxylic acid groups (broad SMARTS) is 1. The van der Waals surface area contributed by atoms with Gasteiger partial charge >= 0.3 is 5.97 Å². The Hall–Kier alpha value is -1.31. The summed E-state index contributed by atoms with van der Waals surface area (Å²) in [4.78, 5) is 11.5. The first kappa shape index (κ1) is 21.7. The number of benzene rings is 1. The van der Waals surface area contributed by atoms with Crippen molar-refractivity contribution in [1.82, 2.24) is 0 Å². The highest BCUT2D eigenvalue weighted by molar-refractivity contribution is 5.89. The van der Waals surface area contributed by atoms with Crippen molar-refractivity contribution in [3.05, 3.63) is 35.4 Å². The second-order valence-corrected chi connectivity index (χ2v) is 7.44. The van der Waals surface area contributed by atoms with E-state index in [-0.39, 0.29) is 0 Å². The number of aromatic carboxylic acids is 1. The van der Waals surface area contributed by atoms with Crippen LogP contribution in [0.4, 0.5) is 0 Å². The number of hydrogen-bond acceptors (Lipinski definition) is 1. The minimum atomic E-state index is -0.792. The molecule has 2 nitrogen and oxygen atoms in total. The summed E-state index contributed by atoms with van der Waals surface area (Å²) in [6, 6.07) is 7.55. The number of unbranched alkanes of at least 4 members (excludes halogenated alkanes) is 8. The largest absolute Gasteiger partial charge is 0.478 e. The van der Waals surface area contributed by atoms with Gasteiger partial charge in [-0.25, -0.2) is 4.79 Å². The van der Waals surface area contributed by atoms with E-state index < -0.39 is 5.97 Å². The van der Waals surface area contributed by atoms with Gasteiger partial charge in [-0.3, -0.25) is 0 Å². The molecule has 1 rings (SSSR count). The van der Waals surface area contributed by atoms with Gasteiger partial charge in [-0.1, -0.05) is 109 Å². The molecule has 0 bridgehead atoms. The predicted molar refractivity (Wildman–Crippen MR) is 107 cm³/mol. The molecule has 0 spiro atoms. The molecule has 0 aromatic heterocycles. The van der Waals surface area contributed by atoms with E-state index in [4.69, 9.17) is 0 Å². The van der Waals surface area contributed by atoms with Crippen molar-refractivity contribution in [2.45, 2.75) is 97.3 Å². The summed E-state index contributed by atoms with van der Waals surface area (Å²) in [6.07, 6.45) is 16.6. The van der Waals surface area contributed by atoms with Gasteiger partial charge in [0.15, 0.2) is 0 Å². The van der Waals surface area contributed by atoms with Crippen LogP contribution in [-0.4, -0.2) is 11.1 Å². The lowest BCUT2D eigenvalue weighted by atomic mass is 9.87. The lowest BCUT2D eigenvalue weighted by Gasteiger charge is -2.18. The van der Waals surface area contributed by atoms with E-state index in [1.165, 1.54) is 77.0 Å². The van der Waals surface area contributed by atoms with Crippen LogP contribution in [0.1, 0.15) is 107 Å². The summed E-state index contributed by atoms with van der Waals surface area (Å²) in [6.45, 7) is 4.50. The summed E-state index contributed by atoms with van der Waals surface area (Å²) in [7, 11) is 0. The fourth-order valence-electron chi connectivity index (χ4n) is 3.64. The third-order valence-electron chi connectivity index (χ3n) is 5.19. The van der Waals surface area contributed by atoms with Gasteiger partial charge in [0.05, 0.1) is 5.56 Å². The van der Waals surface area contributed by atoms with E-state index in [1.807, 2.05) is 18.2 Å². The fourth-order valence-corrected chi connectivity index (χ4v) is 3.64. The molecule has 1 aromatic rings. The summed E-state index contributed by atoms with van der Waals surface area (Å²) in [5.74, 6) is -0.163. The highest BCUT2D eigenvalue weighted by atomic mass is 16.4. The Labute approximate surface area is 155 Å². The highest BCUT2D eigenvalue weighted by Crippen LogP contribution is 2.24. The molecule has 1 aromatic carbocycles. The van der Waals surface area contributed by atoms with Crippen molar-refractivity contribution in [3.63, 3.8) is 0 Å². The Morgan fingerprint density at radius 1 is 0.840 bits per heavy atom. The van der Waals surface area contributed by atoms with Crippen LogP contribution >= 0.6 is 0 Å². The molecule has 0 saturated heterocycles. The fraction of sp³-hybridized carbons (Fsp3) is 0.696. The lowest BCUT2D eigenvalue weighted by molar-refractivity contribution is 0.0695. The molecule has 1 atom stereocenters. The topological polar surface area (TPSA) is 37.3 Å². The molecule has 0 aliphatic carbocycles. The van der Waals surface area contributed by atoms with Gasteiger partial charge in [0.2, 0.25) is 0 Å². The number of carboxylic acids is 1. The molecule has 142 valence electrons. The highest BCUT2D eigenvalue weighted by Gasteiger charge is 2.15. The SMILES string of the molecule is CCCCCCCCC(CCCCCC)Cc1ccccc1C(=O)O. The van der Waals surface area contributed by atoms with Crippen molar-refractivity contribution >= 4 is 5.97 Å². The molecular formula is C23H38O2. The third kappa shape index (κ3) is 9.67. The van der Waals surface area contributed by atoms with Crippen molar-refractivity contribution in [2.24, 2.45) is 5.92 Å². The molecule has 25 heavy (non-hydrogen) atoms. The number of carbonyl (C=O) groups is 1. The van der Waals surface area contributed by atoms with Crippen LogP contribution in [0.5, 0.6) is 0 Å². The normalized spacial score (nSPS) is 12.2. The first-order valence-corrected chi connectivity index (χ1v) is 10.5. The maximum Gasteiger partial charge on any atom is 0.335 e. The van der Waals surface area contributed by atoms with E-state index in [9.17, 15) is 9.90 Å². The molecule has 0 aliphatic heterocycles. The van der Waals surface area contributed by atoms with Gasteiger partial charge in [0.1, 0.15) is 0 Å². The second kappa shape index (κ2) is 13.9. The first-order chi connectivity index (χ1) is 12.2. The van der Waals surface area contributed by atoms with Crippen LogP contribution in [0, 0.1) is 5.92 Å². The molecule has 0 fully saturated rings. The molecule has 2 heteroatoms. The van der Waals surface area contributed by atoms with E-state index in [1.54, 1.807) is 6.07 Å². The van der Waals surface area contributed by atoms with Crippen molar-refractivity contribution < 1.29 is 9.90 Å². The summed E-state index contributed by atoms with van der Waals surface area (Å²) >= 11 is 0. The average molecular weight is 347 g/mol. The van der Waals surface area contributed by atoms with Crippen molar-refractivity contribution in [3.8, 4) is 0 Å². The smallest absolute Gasteiger partial charge is 0.335 e. The minimum absolute atomic E-state index is 0.490. The standard InChI is InChI=1S/C23H38O2/c1-3-5-7-9-10-12-16-20(15-11-8-6-4-2)19-21-17-13-14-18-22(21)23(24)25/h13-14,17-18,20H,3-12,15-16,19H2,1-2H3,(H,24,25). The van der Waals surface area contributed by atoms with Gasteiger partial charge in [0.25, 0.3) is 0 Å². The number of rotatable bonds is 15. The van der Waals surface area contributed by atoms with Gasteiger partial charge in [0, 0.05) is 0 Å². The predicted octanol–water partition coefficient (Wildman–Crippen LogP) is 7.26.